The van der Waals surface area contributed by atoms with E-state index in [0.29, 0.717) is 14.5 Å². The third kappa shape index (κ3) is 2.29. The fourth-order valence-electron chi connectivity index (χ4n) is 1.18. The molecule has 0 fully saturated rings. The van der Waals surface area contributed by atoms with Gasteiger partial charge in [0.2, 0.25) is 0 Å². The number of aromatic nitrogens is 1. The van der Waals surface area contributed by atoms with E-state index in [0.717, 1.165) is 15.4 Å². The Labute approximate surface area is 113 Å². The van der Waals surface area contributed by atoms with Gasteiger partial charge >= 0.3 is 5.97 Å². The molecule has 0 atom stereocenters. The maximum absolute atomic E-state index is 11.0. The van der Waals surface area contributed by atoms with Crippen molar-refractivity contribution in [1.82, 2.24) is 4.98 Å². The van der Waals surface area contributed by atoms with E-state index in [1.165, 1.54) is 22.7 Å². The molecule has 0 saturated heterocycles. The molecule has 0 amide bonds. The molecule has 0 aliphatic heterocycles. The summed E-state index contributed by atoms with van der Waals surface area (Å²) in [4.78, 5) is 16.3. The van der Waals surface area contributed by atoms with Crippen LogP contribution in [0, 0.1) is 0 Å². The lowest BCUT2D eigenvalue weighted by Crippen LogP contribution is -1.94. The summed E-state index contributed by atoms with van der Waals surface area (Å²) in [6, 6.07) is 1.83. The molecule has 16 heavy (non-hydrogen) atoms. The summed E-state index contributed by atoms with van der Waals surface area (Å²) in [6.45, 7) is 0. The number of carboxylic acids is 1. The molecule has 7 heteroatoms. The zero-order valence-corrected chi connectivity index (χ0v) is 11.7. The van der Waals surface area contributed by atoms with Crippen molar-refractivity contribution in [3.05, 3.63) is 27.0 Å². The van der Waals surface area contributed by atoms with Gasteiger partial charge in [-0.25, -0.2) is 9.78 Å². The van der Waals surface area contributed by atoms with Crippen LogP contribution in [0.2, 0.25) is 4.34 Å². The Kier molecular flexibility index (Phi) is 3.63. The van der Waals surface area contributed by atoms with E-state index < -0.39 is 5.97 Å². The number of hydrogen-bond acceptors (Lipinski definition) is 4. The van der Waals surface area contributed by atoms with Gasteiger partial charge in [-0.15, -0.1) is 22.7 Å². The number of alkyl halides is 1. The average molecular weight is 339 g/mol. The molecule has 0 aliphatic carbocycles. The Morgan fingerprint density at radius 2 is 2.31 bits per heavy atom. The normalized spacial score (nSPS) is 10.6. The lowest BCUT2D eigenvalue weighted by Gasteiger charge is -1.90. The Balaban J connectivity index is 2.47. The van der Waals surface area contributed by atoms with Gasteiger partial charge in [-0.1, -0.05) is 27.5 Å². The van der Waals surface area contributed by atoms with Crippen molar-refractivity contribution in [1.29, 1.82) is 0 Å². The predicted octanol–water partition coefficient (Wildman–Crippen LogP) is 4.12. The van der Waals surface area contributed by atoms with E-state index in [1.807, 2.05) is 6.07 Å². The Hall–Kier alpha value is -0.430. The summed E-state index contributed by atoms with van der Waals surface area (Å²) in [6.07, 6.45) is 1.57. The van der Waals surface area contributed by atoms with Crippen molar-refractivity contribution >= 4 is 56.2 Å². The van der Waals surface area contributed by atoms with Crippen LogP contribution in [-0.4, -0.2) is 16.1 Å². The van der Waals surface area contributed by atoms with E-state index >= 15 is 0 Å². The molecule has 0 spiro atoms. The van der Waals surface area contributed by atoms with Gasteiger partial charge in [0.05, 0.1) is 11.1 Å². The molecule has 0 saturated carbocycles. The zero-order valence-electron chi connectivity index (χ0n) is 7.74. The predicted molar refractivity (Wildman–Crippen MR) is 70.0 cm³/mol. The molecule has 2 aromatic rings. The van der Waals surface area contributed by atoms with Gasteiger partial charge in [-0.3, -0.25) is 0 Å². The van der Waals surface area contributed by atoms with Gasteiger partial charge in [0.25, 0.3) is 0 Å². The van der Waals surface area contributed by atoms with Gasteiger partial charge in [-0.05, 0) is 11.6 Å². The second-order valence-corrected chi connectivity index (χ2v) is 6.15. The van der Waals surface area contributed by atoms with Gasteiger partial charge in [0.1, 0.15) is 14.2 Å². The summed E-state index contributed by atoms with van der Waals surface area (Å²) < 4.78 is 0.598. The van der Waals surface area contributed by atoms with Gasteiger partial charge < -0.3 is 5.11 Å². The zero-order chi connectivity index (χ0) is 11.7. The average Bonchev–Trinajstić information content (AvgIpc) is 2.82. The molecule has 2 aromatic heterocycles. The first-order valence-corrected chi connectivity index (χ1v) is 7.28. The number of aromatic carboxylic acids is 1. The molecule has 2 heterocycles. The van der Waals surface area contributed by atoms with Gasteiger partial charge in [0, 0.05) is 5.33 Å². The minimum atomic E-state index is -0.909. The van der Waals surface area contributed by atoms with Crippen LogP contribution in [0.25, 0.3) is 9.88 Å². The molecule has 3 nitrogen and oxygen atoms in total. The summed E-state index contributed by atoms with van der Waals surface area (Å²) in [5.74, 6) is -0.909. The van der Waals surface area contributed by atoms with E-state index in [2.05, 4.69) is 20.9 Å². The molecular weight excluding hydrogens is 334 g/mol. The number of hydrogen-bond donors (Lipinski definition) is 1. The second-order valence-electron chi connectivity index (χ2n) is 2.87. The fraction of sp³-hybridized carbons (Fsp3) is 0.111. The molecule has 84 valence electrons. The number of carboxylic acid groups (broad SMARTS) is 1. The van der Waals surface area contributed by atoms with Crippen LogP contribution >= 0.6 is 50.2 Å². The Bertz CT molecular complexity index is 537. The monoisotopic (exact) mass is 337 g/mol. The molecular formula is C9H5BrClNO2S2. The highest BCUT2D eigenvalue weighted by atomic mass is 79.9. The van der Waals surface area contributed by atoms with Crippen molar-refractivity contribution in [3.63, 3.8) is 0 Å². The first kappa shape index (κ1) is 12.0. The van der Waals surface area contributed by atoms with Crippen LogP contribution < -0.4 is 0 Å². The largest absolute Gasteiger partial charge is 0.477 e. The van der Waals surface area contributed by atoms with E-state index in [9.17, 15) is 4.79 Å². The number of thiophene rings is 1. The van der Waals surface area contributed by atoms with Crippen LogP contribution in [0.3, 0.4) is 0 Å². The lowest BCUT2D eigenvalue weighted by atomic mass is 10.3. The minimum absolute atomic E-state index is 0.346. The van der Waals surface area contributed by atoms with Crippen molar-refractivity contribution in [3.8, 4) is 9.88 Å². The van der Waals surface area contributed by atoms with E-state index in [1.54, 1.807) is 6.20 Å². The summed E-state index contributed by atoms with van der Waals surface area (Å²) in [5, 5.41) is 10.3. The van der Waals surface area contributed by atoms with Crippen molar-refractivity contribution in [2.75, 3.05) is 0 Å². The second kappa shape index (κ2) is 4.83. The van der Waals surface area contributed by atoms with Gasteiger partial charge in [0.15, 0.2) is 0 Å². The van der Waals surface area contributed by atoms with Crippen LogP contribution in [-0.2, 0) is 5.33 Å². The Morgan fingerprint density at radius 3 is 2.75 bits per heavy atom. The molecule has 0 radical (unpaired) electrons. The smallest absolute Gasteiger partial charge is 0.346 e. The van der Waals surface area contributed by atoms with Gasteiger partial charge in [-0.2, -0.15) is 0 Å². The lowest BCUT2D eigenvalue weighted by molar-refractivity contribution is 0.0701. The molecule has 1 N–H and O–H groups in total. The highest BCUT2D eigenvalue weighted by Gasteiger charge is 2.16. The molecule has 0 bridgehead atoms. The molecule has 0 unspecified atom stereocenters. The highest BCUT2D eigenvalue weighted by molar-refractivity contribution is 9.08. The first-order chi connectivity index (χ1) is 7.61. The number of carbonyl (C=O) groups is 1. The van der Waals surface area contributed by atoms with Crippen molar-refractivity contribution < 1.29 is 9.90 Å². The number of rotatable bonds is 3. The van der Waals surface area contributed by atoms with E-state index in [4.69, 9.17) is 16.7 Å². The van der Waals surface area contributed by atoms with Crippen molar-refractivity contribution in [2.24, 2.45) is 0 Å². The first-order valence-electron chi connectivity index (χ1n) is 4.15. The third-order valence-corrected chi connectivity index (χ3v) is 4.89. The van der Waals surface area contributed by atoms with Crippen LogP contribution in [0.4, 0.5) is 0 Å². The minimum Gasteiger partial charge on any atom is -0.477 e. The van der Waals surface area contributed by atoms with Crippen LogP contribution in [0.5, 0.6) is 0 Å². The molecule has 2 rings (SSSR count). The maximum atomic E-state index is 11.0. The number of halogens is 2. The quantitative estimate of drug-likeness (QED) is 0.857. The van der Waals surface area contributed by atoms with Crippen LogP contribution in [0.1, 0.15) is 15.2 Å². The Morgan fingerprint density at radius 1 is 1.56 bits per heavy atom. The van der Waals surface area contributed by atoms with E-state index in [-0.39, 0.29) is 0 Å². The molecule has 0 aromatic carbocycles. The third-order valence-electron chi connectivity index (χ3n) is 1.84. The highest BCUT2D eigenvalue weighted by Crippen LogP contribution is 2.36. The topological polar surface area (TPSA) is 50.2 Å². The van der Waals surface area contributed by atoms with Crippen molar-refractivity contribution in [2.45, 2.75) is 5.33 Å². The summed E-state index contributed by atoms with van der Waals surface area (Å²) >= 11 is 11.6. The van der Waals surface area contributed by atoms with Crippen LogP contribution in [0.15, 0.2) is 12.3 Å². The standard InChI is InChI=1S/C9H5BrClNO2S2/c10-2-4-1-5(15-7(4)9(13)14)8-12-3-6(11)16-8/h1,3H,2H2,(H,13,14). The SMILES string of the molecule is O=C(O)c1sc(-c2ncc(Cl)s2)cc1CBr. The molecule has 0 aliphatic rings. The fourth-order valence-corrected chi connectivity index (χ4v) is 3.79. The summed E-state index contributed by atoms with van der Waals surface area (Å²) in [5.41, 5.74) is 0.763. The summed E-state index contributed by atoms with van der Waals surface area (Å²) in [7, 11) is 0. The number of thiazole rings is 1. The maximum Gasteiger partial charge on any atom is 0.346 e. The number of nitrogens with zero attached hydrogens (tertiary/aromatic N) is 1.